The number of nitrogens with zero attached hydrogens (tertiary/aromatic N) is 1. The first-order chi connectivity index (χ1) is 6.41. The summed E-state index contributed by atoms with van der Waals surface area (Å²) in [5.74, 6) is -0.0682. The lowest BCUT2D eigenvalue weighted by atomic mass is 9.95. The molecule has 1 N–H and O–H groups in total. The van der Waals surface area contributed by atoms with E-state index in [2.05, 4.69) is 5.32 Å². The van der Waals surface area contributed by atoms with Gasteiger partial charge in [0.2, 0.25) is 11.8 Å². The highest BCUT2D eigenvalue weighted by molar-refractivity contribution is 5.97. The van der Waals surface area contributed by atoms with Crippen LogP contribution in [0, 0.1) is 0 Å². The maximum atomic E-state index is 11.7. The van der Waals surface area contributed by atoms with E-state index in [4.69, 9.17) is 0 Å². The van der Waals surface area contributed by atoms with Gasteiger partial charge in [-0.1, -0.05) is 6.92 Å². The van der Waals surface area contributed by atoms with Crippen molar-refractivity contribution < 1.29 is 9.59 Å². The van der Waals surface area contributed by atoms with Crippen molar-refractivity contribution in [2.45, 2.75) is 45.7 Å². The van der Waals surface area contributed by atoms with Crippen LogP contribution in [0.5, 0.6) is 0 Å². The molecule has 0 aromatic carbocycles. The first kappa shape index (κ1) is 11.0. The van der Waals surface area contributed by atoms with E-state index in [9.17, 15) is 9.59 Å². The standard InChI is InChI=1S/C10H18N2O2/c1-5-7(2)12-8(13)6-11-9(14)10(12,3)4/h7H,5-6H2,1-4H3,(H,11,14). The lowest BCUT2D eigenvalue weighted by Crippen LogP contribution is -2.66. The van der Waals surface area contributed by atoms with E-state index in [1.807, 2.05) is 13.8 Å². The van der Waals surface area contributed by atoms with Crippen LogP contribution in [0.25, 0.3) is 0 Å². The summed E-state index contributed by atoms with van der Waals surface area (Å²) in [7, 11) is 0. The third-order valence-electron chi connectivity index (χ3n) is 2.86. The summed E-state index contributed by atoms with van der Waals surface area (Å²) in [6.07, 6.45) is 0.864. The molecule has 4 nitrogen and oxygen atoms in total. The molecule has 80 valence electrons. The first-order valence-corrected chi connectivity index (χ1v) is 5.01. The molecule has 0 saturated carbocycles. The van der Waals surface area contributed by atoms with Gasteiger partial charge in [0.25, 0.3) is 0 Å². The number of rotatable bonds is 2. The molecular weight excluding hydrogens is 180 g/mol. The van der Waals surface area contributed by atoms with Crippen molar-refractivity contribution in [1.29, 1.82) is 0 Å². The van der Waals surface area contributed by atoms with Gasteiger partial charge in [-0.2, -0.15) is 0 Å². The molecule has 0 bridgehead atoms. The van der Waals surface area contributed by atoms with Gasteiger partial charge in [-0.3, -0.25) is 9.59 Å². The molecule has 1 atom stereocenters. The van der Waals surface area contributed by atoms with Gasteiger partial charge in [-0.25, -0.2) is 0 Å². The molecule has 1 unspecified atom stereocenters. The van der Waals surface area contributed by atoms with E-state index in [0.717, 1.165) is 6.42 Å². The van der Waals surface area contributed by atoms with Crippen molar-refractivity contribution in [2.24, 2.45) is 0 Å². The Balaban J connectivity index is 2.96. The van der Waals surface area contributed by atoms with E-state index in [0.29, 0.717) is 0 Å². The predicted octanol–water partition coefficient (Wildman–Crippen LogP) is 0.522. The van der Waals surface area contributed by atoms with Gasteiger partial charge in [0.1, 0.15) is 5.54 Å². The molecule has 14 heavy (non-hydrogen) atoms. The number of hydrogen-bond acceptors (Lipinski definition) is 2. The maximum absolute atomic E-state index is 11.7. The summed E-state index contributed by atoms with van der Waals surface area (Å²) in [5.41, 5.74) is -0.718. The molecule has 1 aliphatic heterocycles. The lowest BCUT2D eigenvalue weighted by Gasteiger charge is -2.44. The first-order valence-electron chi connectivity index (χ1n) is 5.01. The van der Waals surface area contributed by atoms with Crippen LogP contribution in [-0.4, -0.2) is 34.8 Å². The van der Waals surface area contributed by atoms with Gasteiger partial charge < -0.3 is 10.2 Å². The summed E-state index contributed by atoms with van der Waals surface area (Å²) in [4.78, 5) is 24.9. The molecule has 1 saturated heterocycles. The van der Waals surface area contributed by atoms with Crippen LogP contribution < -0.4 is 5.32 Å². The second-order valence-corrected chi connectivity index (χ2v) is 4.26. The fourth-order valence-electron chi connectivity index (χ4n) is 1.86. The topological polar surface area (TPSA) is 49.4 Å². The highest BCUT2D eigenvalue weighted by atomic mass is 16.2. The van der Waals surface area contributed by atoms with Gasteiger partial charge in [0.05, 0.1) is 6.54 Å². The summed E-state index contributed by atoms with van der Waals surface area (Å²) >= 11 is 0. The third-order valence-corrected chi connectivity index (χ3v) is 2.86. The highest BCUT2D eigenvalue weighted by Crippen LogP contribution is 2.22. The Morgan fingerprint density at radius 1 is 1.50 bits per heavy atom. The largest absolute Gasteiger partial charge is 0.345 e. The van der Waals surface area contributed by atoms with Crippen molar-refractivity contribution in [1.82, 2.24) is 10.2 Å². The van der Waals surface area contributed by atoms with Crippen LogP contribution in [-0.2, 0) is 9.59 Å². The Morgan fingerprint density at radius 3 is 2.57 bits per heavy atom. The van der Waals surface area contributed by atoms with Crippen LogP contribution in [0.2, 0.25) is 0 Å². The molecule has 0 spiro atoms. The van der Waals surface area contributed by atoms with Gasteiger partial charge in [0, 0.05) is 6.04 Å². The molecule has 0 aromatic rings. The van der Waals surface area contributed by atoms with Crippen LogP contribution in [0.3, 0.4) is 0 Å². The smallest absolute Gasteiger partial charge is 0.245 e. The Hall–Kier alpha value is -1.06. The van der Waals surface area contributed by atoms with E-state index < -0.39 is 5.54 Å². The molecule has 1 heterocycles. The number of amides is 2. The number of piperazine rings is 1. The van der Waals surface area contributed by atoms with E-state index in [-0.39, 0.29) is 24.4 Å². The molecule has 1 aliphatic rings. The molecule has 4 heteroatoms. The molecule has 2 amide bonds. The zero-order valence-corrected chi connectivity index (χ0v) is 9.26. The minimum atomic E-state index is -0.718. The van der Waals surface area contributed by atoms with Crippen LogP contribution >= 0.6 is 0 Å². The Morgan fingerprint density at radius 2 is 2.07 bits per heavy atom. The summed E-state index contributed by atoms with van der Waals surface area (Å²) < 4.78 is 0. The normalized spacial score (nSPS) is 23.3. The zero-order chi connectivity index (χ0) is 10.9. The molecule has 0 radical (unpaired) electrons. The van der Waals surface area contributed by atoms with Crippen molar-refractivity contribution in [2.75, 3.05) is 6.54 Å². The summed E-state index contributed by atoms with van der Waals surface area (Å²) in [6, 6.07) is 0.114. The average Bonchev–Trinajstić information content (AvgIpc) is 2.11. The lowest BCUT2D eigenvalue weighted by molar-refractivity contribution is -0.154. The second kappa shape index (κ2) is 3.59. The maximum Gasteiger partial charge on any atom is 0.245 e. The zero-order valence-electron chi connectivity index (χ0n) is 9.26. The minimum absolute atomic E-state index is 0.00366. The molecule has 1 rings (SSSR count). The Bertz CT molecular complexity index is 261. The van der Waals surface area contributed by atoms with Crippen molar-refractivity contribution in [3.63, 3.8) is 0 Å². The molecular formula is C10H18N2O2. The SMILES string of the molecule is CCC(C)N1C(=O)CNC(=O)C1(C)C. The summed E-state index contributed by atoms with van der Waals surface area (Å²) in [6.45, 7) is 7.68. The fraction of sp³-hybridized carbons (Fsp3) is 0.800. The monoisotopic (exact) mass is 198 g/mol. The van der Waals surface area contributed by atoms with Crippen LogP contribution in [0.1, 0.15) is 34.1 Å². The quantitative estimate of drug-likeness (QED) is 0.703. The van der Waals surface area contributed by atoms with Crippen molar-refractivity contribution in [3.05, 3.63) is 0 Å². The highest BCUT2D eigenvalue weighted by Gasteiger charge is 2.43. The van der Waals surface area contributed by atoms with Gasteiger partial charge in [-0.05, 0) is 27.2 Å². The second-order valence-electron chi connectivity index (χ2n) is 4.26. The number of nitrogens with one attached hydrogen (secondary N) is 1. The Labute approximate surface area is 84.7 Å². The Kier molecular flexibility index (Phi) is 2.83. The third kappa shape index (κ3) is 1.61. The van der Waals surface area contributed by atoms with Gasteiger partial charge in [0.15, 0.2) is 0 Å². The summed E-state index contributed by atoms with van der Waals surface area (Å²) in [5, 5.41) is 2.60. The van der Waals surface area contributed by atoms with E-state index in [1.54, 1.807) is 18.7 Å². The molecule has 1 fully saturated rings. The average molecular weight is 198 g/mol. The number of carbonyl (C=O) groups excluding carboxylic acids is 2. The van der Waals surface area contributed by atoms with Gasteiger partial charge in [-0.15, -0.1) is 0 Å². The fourth-order valence-corrected chi connectivity index (χ4v) is 1.86. The van der Waals surface area contributed by atoms with Crippen LogP contribution in [0.15, 0.2) is 0 Å². The van der Waals surface area contributed by atoms with Gasteiger partial charge >= 0.3 is 0 Å². The number of hydrogen-bond donors (Lipinski definition) is 1. The number of carbonyl (C=O) groups is 2. The molecule has 0 aromatic heterocycles. The van der Waals surface area contributed by atoms with Crippen LogP contribution in [0.4, 0.5) is 0 Å². The molecule has 0 aliphatic carbocycles. The van der Waals surface area contributed by atoms with E-state index in [1.165, 1.54) is 0 Å². The minimum Gasteiger partial charge on any atom is -0.345 e. The van der Waals surface area contributed by atoms with Crippen molar-refractivity contribution >= 4 is 11.8 Å². The van der Waals surface area contributed by atoms with Crippen molar-refractivity contribution in [3.8, 4) is 0 Å². The van der Waals surface area contributed by atoms with E-state index >= 15 is 0 Å². The predicted molar refractivity (Wildman–Crippen MR) is 53.7 cm³/mol.